The molecular formula is C16H9F4NO. The van der Waals surface area contributed by atoms with E-state index in [2.05, 4.69) is 5.32 Å². The zero-order chi connectivity index (χ0) is 15.9. The summed E-state index contributed by atoms with van der Waals surface area (Å²) in [4.78, 5) is 11.9. The maximum absolute atomic E-state index is 13.3. The zero-order valence-electron chi connectivity index (χ0n) is 11.0. The van der Waals surface area contributed by atoms with Gasteiger partial charge in [-0.1, -0.05) is 18.2 Å². The molecule has 2 nitrogen and oxygen atoms in total. The molecule has 0 aromatic heterocycles. The van der Waals surface area contributed by atoms with Crippen molar-refractivity contribution in [2.75, 3.05) is 5.32 Å². The first kappa shape index (κ1) is 14.3. The molecule has 1 amide bonds. The van der Waals surface area contributed by atoms with Gasteiger partial charge in [-0.05, 0) is 35.9 Å². The molecule has 0 radical (unpaired) electrons. The number of alkyl halides is 3. The molecule has 2 aromatic rings. The predicted molar refractivity (Wildman–Crippen MR) is 74.3 cm³/mol. The van der Waals surface area contributed by atoms with Gasteiger partial charge in [-0.15, -0.1) is 0 Å². The summed E-state index contributed by atoms with van der Waals surface area (Å²) >= 11 is 0. The van der Waals surface area contributed by atoms with Crippen LogP contribution in [0.1, 0.15) is 16.7 Å². The number of benzene rings is 2. The Balaban J connectivity index is 2.15. The van der Waals surface area contributed by atoms with E-state index in [4.69, 9.17) is 0 Å². The number of rotatable bonds is 1. The summed E-state index contributed by atoms with van der Waals surface area (Å²) in [6, 6.07) is 8.58. The van der Waals surface area contributed by atoms with Crippen molar-refractivity contribution < 1.29 is 22.4 Å². The third-order valence-corrected chi connectivity index (χ3v) is 3.33. The van der Waals surface area contributed by atoms with Crippen LogP contribution in [0, 0.1) is 5.82 Å². The third-order valence-electron chi connectivity index (χ3n) is 3.33. The Bertz CT molecular complexity index is 793. The number of amides is 1. The third kappa shape index (κ3) is 2.47. The van der Waals surface area contributed by atoms with E-state index in [1.807, 2.05) is 0 Å². The average molecular weight is 307 g/mol. The van der Waals surface area contributed by atoms with Crippen molar-refractivity contribution in [1.82, 2.24) is 0 Å². The van der Waals surface area contributed by atoms with Gasteiger partial charge in [-0.2, -0.15) is 13.2 Å². The molecule has 0 unspecified atom stereocenters. The molecule has 1 heterocycles. The van der Waals surface area contributed by atoms with Crippen LogP contribution in [-0.4, -0.2) is 5.91 Å². The summed E-state index contributed by atoms with van der Waals surface area (Å²) in [5, 5.41) is 2.50. The summed E-state index contributed by atoms with van der Waals surface area (Å²) < 4.78 is 52.3. The molecule has 0 saturated heterocycles. The number of hydrogen-bond acceptors (Lipinski definition) is 1. The van der Waals surface area contributed by atoms with Gasteiger partial charge in [0, 0.05) is 16.8 Å². The number of carbonyl (C=O) groups excluding carboxylic acids is 1. The van der Waals surface area contributed by atoms with Crippen LogP contribution < -0.4 is 5.32 Å². The minimum Gasteiger partial charge on any atom is -0.321 e. The molecule has 3 rings (SSSR count). The monoisotopic (exact) mass is 307 g/mol. The number of hydrogen-bond donors (Lipinski definition) is 1. The highest BCUT2D eigenvalue weighted by Gasteiger charge is 2.33. The Morgan fingerprint density at radius 1 is 1.05 bits per heavy atom. The van der Waals surface area contributed by atoms with E-state index < -0.39 is 23.5 Å². The van der Waals surface area contributed by atoms with E-state index >= 15 is 0 Å². The normalized spacial score (nSPS) is 15.8. The van der Waals surface area contributed by atoms with Crippen molar-refractivity contribution in [1.29, 1.82) is 0 Å². The van der Waals surface area contributed by atoms with Crippen molar-refractivity contribution in [3.63, 3.8) is 0 Å². The second kappa shape index (κ2) is 4.98. The van der Waals surface area contributed by atoms with Crippen LogP contribution in [0.25, 0.3) is 11.6 Å². The van der Waals surface area contributed by atoms with E-state index in [0.29, 0.717) is 5.69 Å². The highest BCUT2D eigenvalue weighted by Crippen LogP contribution is 2.37. The van der Waals surface area contributed by atoms with Crippen LogP contribution in [0.5, 0.6) is 0 Å². The van der Waals surface area contributed by atoms with E-state index in [1.54, 1.807) is 0 Å². The molecular weight excluding hydrogens is 298 g/mol. The second-order valence-corrected chi connectivity index (χ2v) is 4.79. The predicted octanol–water partition coefficient (Wildman–Crippen LogP) is 4.34. The van der Waals surface area contributed by atoms with E-state index in [1.165, 1.54) is 30.3 Å². The molecule has 0 aliphatic carbocycles. The van der Waals surface area contributed by atoms with Crippen molar-refractivity contribution in [2.45, 2.75) is 6.18 Å². The quantitative estimate of drug-likeness (QED) is 0.616. The summed E-state index contributed by atoms with van der Waals surface area (Å²) in [7, 11) is 0. The summed E-state index contributed by atoms with van der Waals surface area (Å²) in [5.74, 6) is -1.12. The van der Waals surface area contributed by atoms with Crippen molar-refractivity contribution in [2.24, 2.45) is 0 Å². The fourth-order valence-electron chi connectivity index (χ4n) is 2.34. The van der Waals surface area contributed by atoms with Gasteiger partial charge in [-0.25, -0.2) is 4.39 Å². The Labute approximate surface area is 123 Å². The standard InChI is InChI=1S/C16H9F4NO/c17-10-5-6-14-11(8-10)12(15(22)21-14)7-9-3-1-2-4-13(9)16(18,19)20/h1-8H,(H,21,22)/b12-7+. The number of halogens is 4. The number of fused-ring (bicyclic) bond motifs is 1. The van der Waals surface area contributed by atoms with Crippen LogP contribution in [0.4, 0.5) is 23.2 Å². The van der Waals surface area contributed by atoms with E-state index in [9.17, 15) is 22.4 Å². The largest absolute Gasteiger partial charge is 0.416 e. The minimum atomic E-state index is -4.53. The lowest BCUT2D eigenvalue weighted by Crippen LogP contribution is -2.08. The maximum atomic E-state index is 13.3. The number of carbonyl (C=O) groups is 1. The van der Waals surface area contributed by atoms with Gasteiger partial charge >= 0.3 is 6.18 Å². The second-order valence-electron chi connectivity index (χ2n) is 4.79. The fourth-order valence-corrected chi connectivity index (χ4v) is 2.34. The van der Waals surface area contributed by atoms with Crippen LogP contribution >= 0.6 is 0 Å². The summed E-state index contributed by atoms with van der Waals surface area (Å²) in [6.07, 6.45) is -3.41. The maximum Gasteiger partial charge on any atom is 0.416 e. The molecule has 6 heteroatoms. The van der Waals surface area contributed by atoms with Crippen molar-refractivity contribution >= 4 is 23.2 Å². The summed E-state index contributed by atoms with van der Waals surface area (Å²) in [6.45, 7) is 0. The van der Waals surface area contributed by atoms with Crippen molar-refractivity contribution in [3.8, 4) is 0 Å². The van der Waals surface area contributed by atoms with Crippen LogP contribution in [-0.2, 0) is 11.0 Å². The fraction of sp³-hybridized carbons (Fsp3) is 0.0625. The molecule has 1 aliphatic heterocycles. The molecule has 1 N–H and O–H groups in total. The van der Waals surface area contributed by atoms with Crippen LogP contribution in [0.2, 0.25) is 0 Å². The first-order chi connectivity index (χ1) is 10.4. The van der Waals surface area contributed by atoms with Crippen LogP contribution in [0.15, 0.2) is 42.5 Å². The number of anilines is 1. The van der Waals surface area contributed by atoms with Gasteiger partial charge in [-0.3, -0.25) is 4.79 Å². The van der Waals surface area contributed by atoms with E-state index in [0.717, 1.165) is 18.2 Å². The molecule has 0 bridgehead atoms. The smallest absolute Gasteiger partial charge is 0.321 e. The Hall–Kier alpha value is -2.63. The minimum absolute atomic E-state index is 0.00574. The molecule has 22 heavy (non-hydrogen) atoms. The lowest BCUT2D eigenvalue weighted by Gasteiger charge is -2.10. The molecule has 0 saturated carbocycles. The molecule has 2 aromatic carbocycles. The topological polar surface area (TPSA) is 29.1 Å². The van der Waals surface area contributed by atoms with Crippen molar-refractivity contribution in [3.05, 3.63) is 65.0 Å². The lowest BCUT2D eigenvalue weighted by molar-refractivity contribution is -0.137. The zero-order valence-corrected chi connectivity index (χ0v) is 11.0. The molecule has 112 valence electrons. The molecule has 1 aliphatic rings. The highest BCUT2D eigenvalue weighted by molar-refractivity contribution is 6.34. The highest BCUT2D eigenvalue weighted by atomic mass is 19.4. The van der Waals surface area contributed by atoms with Gasteiger partial charge in [0.25, 0.3) is 5.91 Å². The van der Waals surface area contributed by atoms with Gasteiger partial charge in [0.15, 0.2) is 0 Å². The first-order valence-corrected chi connectivity index (χ1v) is 6.35. The van der Waals surface area contributed by atoms with Crippen LogP contribution in [0.3, 0.4) is 0 Å². The van der Waals surface area contributed by atoms with Gasteiger partial charge in [0.05, 0.1) is 5.56 Å². The molecule has 0 fully saturated rings. The van der Waals surface area contributed by atoms with Gasteiger partial charge in [0.1, 0.15) is 5.82 Å². The lowest BCUT2D eigenvalue weighted by atomic mass is 10.0. The van der Waals surface area contributed by atoms with E-state index in [-0.39, 0.29) is 16.7 Å². The summed E-state index contributed by atoms with van der Waals surface area (Å²) in [5.41, 5.74) is -0.354. The average Bonchev–Trinajstić information content (AvgIpc) is 2.74. The SMILES string of the molecule is O=C1Nc2ccc(F)cc2/C1=C\c1ccccc1C(F)(F)F. The molecule has 0 spiro atoms. The Kier molecular flexibility index (Phi) is 3.24. The Morgan fingerprint density at radius 2 is 1.77 bits per heavy atom. The molecule has 0 atom stereocenters. The number of nitrogens with one attached hydrogen (secondary N) is 1. The van der Waals surface area contributed by atoms with Gasteiger partial charge < -0.3 is 5.32 Å². The first-order valence-electron chi connectivity index (χ1n) is 6.35. The van der Waals surface area contributed by atoms with Gasteiger partial charge in [0.2, 0.25) is 0 Å². The Morgan fingerprint density at radius 3 is 2.50 bits per heavy atom.